The standard InChI is InChI=1S/C14H24N2/c1(3-13-5-9-15-10-6-13)2-4-14-7-11-16-12-8-14/h1-4,13-16H,5-12H2. The molecule has 0 aromatic carbocycles. The SMILES string of the molecule is C(C=CC1CCNCC1)=CC1CCNCC1. The molecule has 0 saturated carbocycles. The van der Waals surface area contributed by atoms with E-state index >= 15 is 0 Å². The monoisotopic (exact) mass is 220 g/mol. The summed E-state index contributed by atoms with van der Waals surface area (Å²) >= 11 is 0. The number of piperidine rings is 2. The predicted molar refractivity (Wildman–Crippen MR) is 69.5 cm³/mol. The molecule has 2 aliphatic rings. The van der Waals surface area contributed by atoms with Gasteiger partial charge in [0.05, 0.1) is 0 Å². The highest BCUT2D eigenvalue weighted by atomic mass is 14.9. The zero-order valence-corrected chi connectivity index (χ0v) is 10.1. The second-order valence-corrected chi connectivity index (χ2v) is 4.94. The quantitative estimate of drug-likeness (QED) is 0.712. The van der Waals surface area contributed by atoms with Crippen LogP contribution < -0.4 is 10.6 Å². The van der Waals surface area contributed by atoms with Gasteiger partial charge in [-0.2, -0.15) is 0 Å². The van der Waals surface area contributed by atoms with Crippen molar-refractivity contribution in [2.24, 2.45) is 11.8 Å². The van der Waals surface area contributed by atoms with Crippen molar-refractivity contribution in [2.45, 2.75) is 25.7 Å². The third-order valence-electron chi connectivity index (χ3n) is 3.65. The van der Waals surface area contributed by atoms with Crippen LogP contribution in [0.25, 0.3) is 0 Å². The molecule has 2 heterocycles. The number of rotatable bonds is 3. The number of hydrogen-bond acceptors (Lipinski definition) is 2. The predicted octanol–water partition coefficient (Wildman–Crippen LogP) is 2.10. The van der Waals surface area contributed by atoms with Gasteiger partial charge < -0.3 is 10.6 Å². The lowest BCUT2D eigenvalue weighted by atomic mass is 9.96. The summed E-state index contributed by atoms with van der Waals surface area (Å²) in [5, 5.41) is 6.80. The van der Waals surface area contributed by atoms with Gasteiger partial charge in [0.15, 0.2) is 0 Å². The van der Waals surface area contributed by atoms with Gasteiger partial charge in [-0.1, -0.05) is 24.3 Å². The first kappa shape index (κ1) is 11.9. The number of nitrogens with one attached hydrogen (secondary N) is 2. The Balaban J connectivity index is 1.68. The van der Waals surface area contributed by atoms with E-state index in [0.29, 0.717) is 0 Å². The van der Waals surface area contributed by atoms with Gasteiger partial charge in [0.2, 0.25) is 0 Å². The summed E-state index contributed by atoms with van der Waals surface area (Å²) in [5.74, 6) is 1.61. The van der Waals surface area contributed by atoms with Crippen molar-refractivity contribution in [2.75, 3.05) is 26.2 Å². The molecule has 2 rings (SSSR count). The van der Waals surface area contributed by atoms with Crippen LogP contribution in [-0.4, -0.2) is 26.2 Å². The van der Waals surface area contributed by atoms with E-state index in [1.54, 1.807) is 0 Å². The molecule has 2 heteroatoms. The fourth-order valence-electron chi connectivity index (χ4n) is 2.52. The Kier molecular flexibility index (Phi) is 5.10. The summed E-state index contributed by atoms with van der Waals surface area (Å²) in [5.41, 5.74) is 0. The zero-order chi connectivity index (χ0) is 11.1. The van der Waals surface area contributed by atoms with Crippen LogP contribution in [0.1, 0.15) is 25.7 Å². The van der Waals surface area contributed by atoms with Crippen molar-refractivity contribution in [1.29, 1.82) is 0 Å². The molecular weight excluding hydrogens is 196 g/mol. The fraction of sp³-hybridized carbons (Fsp3) is 0.714. The lowest BCUT2D eigenvalue weighted by Crippen LogP contribution is -2.26. The van der Waals surface area contributed by atoms with Crippen LogP contribution in [0.3, 0.4) is 0 Å². The van der Waals surface area contributed by atoms with Crippen LogP contribution in [0.15, 0.2) is 24.3 Å². The van der Waals surface area contributed by atoms with E-state index in [1.807, 2.05) is 0 Å². The van der Waals surface area contributed by atoms with Crippen molar-refractivity contribution >= 4 is 0 Å². The van der Waals surface area contributed by atoms with Gasteiger partial charge in [0.25, 0.3) is 0 Å². The average molecular weight is 220 g/mol. The van der Waals surface area contributed by atoms with E-state index in [1.165, 1.54) is 51.9 Å². The molecule has 16 heavy (non-hydrogen) atoms. The minimum Gasteiger partial charge on any atom is -0.317 e. The van der Waals surface area contributed by atoms with E-state index in [0.717, 1.165) is 11.8 Å². The highest BCUT2D eigenvalue weighted by molar-refractivity contribution is 5.07. The molecule has 0 atom stereocenters. The minimum atomic E-state index is 0.805. The lowest BCUT2D eigenvalue weighted by molar-refractivity contribution is 0.435. The molecule has 0 unspecified atom stereocenters. The van der Waals surface area contributed by atoms with Crippen LogP contribution in [-0.2, 0) is 0 Å². The third-order valence-corrected chi connectivity index (χ3v) is 3.65. The molecule has 0 spiro atoms. The number of allylic oxidation sites excluding steroid dienone is 4. The van der Waals surface area contributed by atoms with Crippen molar-refractivity contribution in [3.05, 3.63) is 24.3 Å². The second kappa shape index (κ2) is 6.87. The Morgan fingerprint density at radius 3 is 1.38 bits per heavy atom. The zero-order valence-electron chi connectivity index (χ0n) is 10.1. The van der Waals surface area contributed by atoms with Gasteiger partial charge in [0, 0.05) is 0 Å². The Morgan fingerprint density at radius 1 is 0.625 bits per heavy atom. The maximum absolute atomic E-state index is 3.40. The summed E-state index contributed by atoms with van der Waals surface area (Å²) < 4.78 is 0. The van der Waals surface area contributed by atoms with Crippen LogP contribution in [0.2, 0.25) is 0 Å². The van der Waals surface area contributed by atoms with E-state index in [9.17, 15) is 0 Å². The molecule has 0 bridgehead atoms. The normalized spacial score (nSPS) is 25.8. The van der Waals surface area contributed by atoms with Crippen molar-refractivity contribution < 1.29 is 0 Å². The third kappa shape index (κ3) is 4.11. The Bertz CT molecular complexity index is 207. The van der Waals surface area contributed by atoms with Gasteiger partial charge in [-0.25, -0.2) is 0 Å². The van der Waals surface area contributed by atoms with E-state index in [2.05, 4.69) is 34.9 Å². The smallest absolute Gasteiger partial charge is 0.00433 e. The van der Waals surface area contributed by atoms with Gasteiger partial charge >= 0.3 is 0 Å². The van der Waals surface area contributed by atoms with Gasteiger partial charge in [-0.05, 0) is 63.7 Å². The molecule has 90 valence electrons. The molecular formula is C14H24N2. The fourth-order valence-corrected chi connectivity index (χ4v) is 2.52. The molecule has 0 aromatic heterocycles. The molecule has 2 aliphatic heterocycles. The summed E-state index contributed by atoms with van der Waals surface area (Å²) in [4.78, 5) is 0. The minimum absolute atomic E-state index is 0.805. The Morgan fingerprint density at radius 2 is 1.00 bits per heavy atom. The Labute approximate surface area is 99.2 Å². The molecule has 0 aromatic rings. The van der Waals surface area contributed by atoms with Gasteiger partial charge in [0.1, 0.15) is 0 Å². The highest BCUT2D eigenvalue weighted by Gasteiger charge is 2.09. The molecule has 2 N–H and O–H groups in total. The van der Waals surface area contributed by atoms with Crippen molar-refractivity contribution in [3.63, 3.8) is 0 Å². The first-order chi connectivity index (χ1) is 7.95. The summed E-state index contributed by atoms with van der Waals surface area (Å²) in [6, 6.07) is 0. The van der Waals surface area contributed by atoms with Gasteiger partial charge in [-0.3, -0.25) is 0 Å². The van der Waals surface area contributed by atoms with Crippen LogP contribution in [0.5, 0.6) is 0 Å². The highest BCUT2D eigenvalue weighted by Crippen LogP contribution is 2.14. The molecule has 0 radical (unpaired) electrons. The maximum Gasteiger partial charge on any atom is -0.00433 e. The first-order valence-corrected chi connectivity index (χ1v) is 6.71. The summed E-state index contributed by atoms with van der Waals surface area (Å²) in [6.45, 7) is 4.75. The largest absolute Gasteiger partial charge is 0.317 e. The van der Waals surface area contributed by atoms with Crippen LogP contribution >= 0.6 is 0 Å². The summed E-state index contributed by atoms with van der Waals surface area (Å²) in [7, 11) is 0. The average Bonchev–Trinajstić information content (AvgIpc) is 2.37. The van der Waals surface area contributed by atoms with Crippen molar-refractivity contribution in [3.8, 4) is 0 Å². The molecule has 0 aliphatic carbocycles. The van der Waals surface area contributed by atoms with E-state index < -0.39 is 0 Å². The molecule has 2 saturated heterocycles. The molecule has 2 fully saturated rings. The second-order valence-electron chi connectivity index (χ2n) is 4.94. The van der Waals surface area contributed by atoms with E-state index in [4.69, 9.17) is 0 Å². The number of hydrogen-bond donors (Lipinski definition) is 2. The maximum atomic E-state index is 3.40. The van der Waals surface area contributed by atoms with Gasteiger partial charge in [-0.15, -0.1) is 0 Å². The first-order valence-electron chi connectivity index (χ1n) is 6.71. The van der Waals surface area contributed by atoms with Crippen molar-refractivity contribution in [1.82, 2.24) is 10.6 Å². The van der Waals surface area contributed by atoms with Crippen LogP contribution in [0.4, 0.5) is 0 Å². The summed E-state index contributed by atoms with van der Waals surface area (Å²) in [6.07, 6.45) is 14.5. The lowest BCUT2D eigenvalue weighted by Gasteiger charge is -2.19. The topological polar surface area (TPSA) is 24.1 Å². The van der Waals surface area contributed by atoms with E-state index in [-0.39, 0.29) is 0 Å². The molecule has 2 nitrogen and oxygen atoms in total. The van der Waals surface area contributed by atoms with Crippen LogP contribution in [0, 0.1) is 11.8 Å². The Hall–Kier alpha value is -0.600. The molecule has 0 amide bonds.